The van der Waals surface area contributed by atoms with E-state index in [-0.39, 0.29) is 17.5 Å². The molecule has 1 aliphatic heterocycles. The van der Waals surface area contributed by atoms with Gasteiger partial charge in [0.1, 0.15) is 0 Å². The van der Waals surface area contributed by atoms with Crippen molar-refractivity contribution in [1.82, 2.24) is 15.1 Å². The molecular weight excluding hydrogens is 458 g/mol. The Labute approximate surface area is 199 Å². The lowest BCUT2D eigenvalue weighted by Gasteiger charge is -2.48. The zero-order chi connectivity index (χ0) is 24.9. The van der Waals surface area contributed by atoms with Crippen LogP contribution in [-0.2, 0) is 26.4 Å². The van der Waals surface area contributed by atoms with Gasteiger partial charge in [0.2, 0.25) is 5.91 Å². The van der Waals surface area contributed by atoms with Gasteiger partial charge in [-0.25, -0.2) is 0 Å². The molecule has 2 amide bonds. The number of hydrogen-bond acceptors (Lipinski definition) is 4. The Balaban J connectivity index is 1.60. The number of benzene rings is 1. The van der Waals surface area contributed by atoms with Crippen molar-refractivity contribution in [1.29, 1.82) is 0 Å². The standard InChI is InChI=1S/C24H32F2N4O3Si/c1-23(2)18-16(19(29-28-18)27-21(32)24(12-9-13-24)34(3,4)5)14-30(23)20(31)17(33-22(25)26)15-10-7-6-8-11-15/h6-8,10-11,17,22H,9,12-14H2,1-5H3,(H2,27,28,29,32). The molecule has 0 radical (unpaired) electrons. The summed E-state index contributed by atoms with van der Waals surface area (Å²) in [6.45, 7) is 7.28. The van der Waals surface area contributed by atoms with E-state index in [1.54, 1.807) is 30.3 Å². The van der Waals surface area contributed by atoms with Crippen LogP contribution in [0, 0.1) is 0 Å². The van der Waals surface area contributed by atoms with Crippen LogP contribution in [0.25, 0.3) is 0 Å². The maximum absolute atomic E-state index is 13.5. The third-order valence-electron chi connectivity index (χ3n) is 7.61. The largest absolute Gasteiger partial charge is 0.346 e. The average Bonchev–Trinajstić information content (AvgIpc) is 3.22. The lowest BCUT2D eigenvalue weighted by molar-refractivity contribution is -0.187. The number of ether oxygens (including phenoxy) is 1. The van der Waals surface area contributed by atoms with Crippen LogP contribution in [0.1, 0.15) is 56.0 Å². The van der Waals surface area contributed by atoms with Gasteiger partial charge in [0.15, 0.2) is 11.9 Å². The summed E-state index contributed by atoms with van der Waals surface area (Å²) in [6.07, 6.45) is 1.35. The predicted molar refractivity (Wildman–Crippen MR) is 127 cm³/mol. The molecule has 1 unspecified atom stereocenters. The van der Waals surface area contributed by atoms with Gasteiger partial charge in [0.05, 0.1) is 25.9 Å². The highest BCUT2D eigenvalue weighted by Gasteiger charge is 2.54. The van der Waals surface area contributed by atoms with Crippen LogP contribution >= 0.6 is 0 Å². The average molecular weight is 491 g/mol. The molecule has 4 rings (SSSR count). The van der Waals surface area contributed by atoms with E-state index < -0.39 is 32.2 Å². The lowest BCUT2D eigenvalue weighted by atomic mass is 9.83. The van der Waals surface area contributed by atoms with Crippen molar-refractivity contribution >= 4 is 25.7 Å². The van der Waals surface area contributed by atoms with Crippen molar-refractivity contribution in [2.75, 3.05) is 5.32 Å². The highest BCUT2D eigenvalue weighted by molar-refractivity contribution is 6.83. The van der Waals surface area contributed by atoms with Crippen LogP contribution < -0.4 is 5.32 Å². The Bertz CT molecular complexity index is 1080. The summed E-state index contributed by atoms with van der Waals surface area (Å²) < 4.78 is 31.2. The van der Waals surface area contributed by atoms with E-state index >= 15 is 0 Å². The summed E-state index contributed by atoms with van der Waals surface area (Å²) in [5.74, 6) is -0.187. The summed E-state index contributed by atoms with van der Waals surface area (Å²) in [4.78, 5) is 28.3. The van der Waals surface area contributed by atoms with E-state index in [1.807, 2.05) is 13.8 Å². The van der Waals surface area contributed by atoms with Gasteiger partial charge in [-0.2, -0.15) is 13.9 Å². The summed E-state index contributed by atoms with van der Waals surface area (Å²) in [5, 5.41) is 10.0. The van der Waals surface area contributed by atoms with Gasteiger partial charge < -0.3 is 15.0 Å². The third kappa shape index (κ3) is 3.96. The van der Waals surface area contributed by atoms with Gasteiger partial charge in [0.25, 0.3) is 5.91 Å². The number of aromatic nitrogens is 2. The third-order valence-corrected chi connectivity index (χ3v) is 11.2. The first-order valence-corrected chi connectivity index (χ1v) is 15.1. The van der Waals surface area contributed by atoms with E-state index in [0.717, 1.165) is 19.3 Å². The summed E-state index contributed by atoms with van der Waals surface area (Å²) in [7, 11) is -1.78. The zero-order valence-electron chi connectivity index (χ0n) is 20.2. The molecule has 2 heterocycles. The minimum Gasteiger partial charge on any atom is -0.325 e. The zero-order valence-corrected chi connectivity index (χ0v) is 21.2. The number of nitrogens with one attached hydrogen (secondary N) is 2. The SMILES string of the molecule is CC1(C)c2[nH]nc(NC(=O)C3([Si](C)(C)C)CCC3)c2CN1C(=O)C(OC(F)F)c1ccccc1. The fourth-order valence-corrected chi connectivity index (χ4v) is 7.80. The Morgan fingerprint density at radius 2 is 1.82 bits per heavy atom. The Morgan fingerprint density at radius 1 is 1.18 bits per heavy atom. The van der Waals surface area contributed by atoms with Crippen molar-refractivity contribution in [2.24, 2.45) is 0 Å². The highest BCUT2D eigenvalue weighted by atomic mass is 28.3. The number of hydrogen-bond donors (Lipinski definition) is 2. The van der Waals surface area contributed by atoms with Crippen LogP contribution in [0.3, 0.4) is 0 Å². The first-order chi connectivity index (χ1) is 15.9. The molecule has 1 aromatic carbocycles. The number of halogens is 2. The minimum atomic E-state index is -3.10. The fourth-order valence-electron chi connectivity index (χ4n) is 5.20. The topological polar surface area (TPSA) is 87.3 Å². The molecule has 184 valence electrons. The number of amides is 2. The molecule has 1 saturated carbocycles. The number of fused-ring (bicyclic) bond motifs is 1. The number of alkyl halides is 2. The van der Waals surface area contributed by atoms with Gasteiger partial charge in [-0.3, -0.25) is 14.7 Å². The van der Waals surface area contributed by atoms with Crippen LogP contribution in [-0.4, -0.2) is 41.6 Å². The number of rotatable bonds is 7. The van der Waals surface area contributed by atoms with Gasteiger partial charge in [-0.15, -0.1) is 0 Å². The van der Waals surface area contributed by atoms with Crippen molar-refractivity contribution in [3.63, 3.8) is 0 Å². The number of nitrogens with zero attached hydrogens (tertiary/aromatic N) is 2. The Hall–Kier alpha value is -2.59. The molecule has 0 bridgehead atoms. The molecule has 1 aromatic heterocycles. The molecule has 2 aromatic rings. The van der Waals surface area contributed by atoms with Crippen LogP contribution in [0.5, 0.6) is 0 Å². The number of carbonyl (C=O) groups excluding carboxylic acids is 2. The quantitative estimate of drug-likeness (QED) is 0.524. The second-order valence-electron chi connectivity index (χ2n) is 10.7. The second-order valence-corrected chi connectivity index (χ2v) is 16.2. The number of H-pyrrole nitrogens is 1. The van der Waals surface area contributed by atoms with Gasteiger partial charge in [-0.1, -0.05) is 56.4 Å². The van der Waals surface area contributed by atoms with Gasteiger partial charge >= 0.3 is 6.61 Å². The maximum atomic E-state index is 13.5. The van der Waals surface area contributed by atoms with Crippen molar-refractivity contribution in [2.45, 2.75) is 82.6 Å². The molecule has 0 saturated heterocycles. The van der Waals surface area contributed by atoms with Crippen LogP contribution in [0.15, 0.2) is 30.3 Å². The smallest absolute Gasteiger partial charge is 0.325 e. The van der Waals surface area contributed by atoms with Gasteiger partial charge in [0, 0.05) is 10.6 Å². The fraction of sp³-hybridized carbons (Fsp3) is 0.542. The van der Waals surface area contributed by atoms with E-state index in [2.05, 4.69) is 35.2 Å². The highest BCUT2D eigenvalue weighted by Crippen LogP contribution is 2.56. The molecule has 2 N–H and O–H groups in total. The molecule has 10 heteroatoms. The van der Waals surface area contributed by atoms with E-state index in [1.165, 1.54) is 4.90 Å². The summed E-state index contributed by atoms with van der Waals surface area (Å²) >= 11 is 0. The van der Waals surface area contributed by atoms with Gasteiger partial charge in [-0.05, 0) is 32.3 Å². The van der Waals surface area contributed by atoms with Crippen molar-refractivity contribution in [3.8, 4) is 0 Å². The lowest BCUT2D eigenvalue weighted by Crippen LogP contribution is -2.52. The normalized spacial score (nSPS) is 19.5. The molecule has 7 nitrogen and oxygen atoms in total. The Kier molecular flexibility index (Phi) is 6.18. The molecule has 1 fully saturated rings. The number of aromatic amines is 1. The summed E-state index contributed by atoms with van der Waals surface area (Å²) in [5.41, 5.74) is 0.873. The number of carbonyl (C=O) groups is 2. The first-order valence-electron chi connectivity index (χ1n) is 11.6. The maximum Gasteiger partial charge on any atom is 0.346 e. The van der Waals surface area contributed by atoms with Crippen molar-refractivity contribution in [3.05, 3.63) is 47.2 Å². The summed E-state index contributed by atoms with van der Waals surface area (Å²) in [6, 6.07) is 8.28. The van der Waals surface area contributed by atoms with Crippen LogP contribution in [0.2, 0.25) is 24.7 Å². The second kappa shape index (κ2) is 8.57. The molecule has 2 aliphatic rings. The van der Waals surface area contributed by atoms with E-state index in [4.69, 9.17) is 4.74 Å². The predicted octanol–water partition coefficient (Wildman–Crippen LogP) is 5.17. The van der Waals surface area contributed by atoms with Crippen molar-refractivity contribution < 1.29 is 23.1 Å². The first kappa shape index (κ1) is 24.5. The minimum absolute atomic E-state index is 0.0157. The van der Waals surface area contributed by atoms with Crippen LogP contribution in [0.4, 0.5) is 14.6 Å². The van der Waals surface area contributed by atoms with E-state index in [9.17, 15) is 18.4 Å². The molecule has 0 spiro atoms. The molecule has 34 heavy (non-hydrogen) atoms. The molecule has 1 aliphatic carbocycles. The molecular formula is C24H32F2N4O3Si. The monoisotopic (exact) mass is 490 g/mol. The number of anilines is 1. The molecule has 1 atom stereocenters. The Morgan fingerprint density at radius 3 is 2.35 bits per heavy atom. The van der Waals surface area contributed by atoms with E-state index in [0.29, 0.717) is 22.6 Å².